The molecule has 0 atom stereocenters. The minimum absolute atomic E-state index is 0.0950. The Labute approximate surface area is 110 Å². The number of hydrogen-bond acceptors (Lipinski definition) is 4. The lowest BCUT2D eigenvalue weighted by molar-refractivity contribution is 0.444. The number of nitrogens with one attached hydrogen (secondary N) is 2. The molecule has 3 rings (SSSR count). The van der Waals surface area contributed by atoms with E-state index in [4.69, 9.17) is 0 Å². The summed E-state index contributed by atoms with van der Waals surface area (Å²) in [4.78, 5) is 19.3. The fraction of sp³-hybridized carbons (Fsp3) is 0.462. The van der Waals surface area contributed by atoms with Crippen LogP contribution in [0.4, 0.5) is 0 Å². The smallest absolute Gasteiger partial charge is 0.251 e. The molecule has 2 aromatic rings. The van der Waals surface area contributed by atoms with Crippen LogP contribution < -0.4 is 10.9 Å². The van der Waals surface area contributed by atoms with Crippen LogP contribution in [0.15, 0.2) is 23.3 Å². The number of piperidine rings is 1. The molecule has 1 fully saturated rings. The summed E-state index contributed by atoms with van der Waals surface area (Å²) in [6, 6.07) is 1.53. The first kappa shape index (κ1) is 12.1. The zero-order valence-electron chi connectivity index (χ0n) is 10.9. The van der Waals surface area contributed by atoms with Gasteiger partial charge in [-0.2, -0.15) is 5.10 Å². The summed E-state index contributed by atoms with van der Waals surface area (Å²) in [5, 5.41) is 7.43. The Morgan fingerprint density at radius 1 is 1.37 bits per heavy atom. The average molecular weight is 259 g/mol. The van der Waals surface area contributed by atoms with Crippen LogP contribution in [-0.2, 0) is 7.05 Å². The average Bonchev–Trinajstić information content (AvgIpc) is 2.86. The van der Waals surface area contributed by atoms with E-state index in [0.29, 0.717) is 11.6 Å². The molecule has 6 heteroatoms. The molecule has 3 heterocycles. The number of aromatic nitrogens is 4. The van der Waals surface area contributed by atoms with Gasteiger partial charge in [0.25, 0.3) is 5.56 Å². The van der Waals surface area contributed by atoms with E-state index in [2.05, 4.69) is 20.4 Å². The Morgan fingerprint density at radius 3 is 2.84 bits per heavy atom. The molecule has 1 saturated heterocycles. The fourth-order valence-corrected chi connectivity index (χ4v) is 2.47. The van der Waals surface area contributed by atoms with Crippen molar-refractivity contribution < 1.29 is 0 Å². The molecule has 0 amide bonds. The summed E-state index contributed by atoms with van der Waals surface area (Å²) in [6.07, 6.45) is 5.63. The summed E-state index contributed by atoms with van der Waals surface area (Å²) in [5.74, 6) is 1.14. The first-order chi connectivity index (χ1) is 9.22. The Balaban J connectivity index is 1.98. The van der Waals surface area contributed by atoms with Crippen molar-refractivity contribution in [2.75, 3.05) is 13.1 Å². The van der Waals surface area contributed by atoms with E-state index in [0.717, 1.165) is 37.3 Å². The van der Waals surface area contributed by atoms with Gasteiger partial charge in [0.05, 0.1) is 11.9 Å². The normalized spacial score (nSPS) is 16.7. The molecule has 0 aromatic carbocycles. The predicted molar refractivity (Wildman–Crippen MR) is 71.9 cm³/mol. The van der Waals surface area contributed by atoms with E-state index in [-0.39, 0.29) is 5.56 Å². The second-order valence-electron chi connectivity index (χ2n) is 4.94. The molecule has 0 bridgehead atoms. The predicted octanol–water partition coefficient (Wildman–Crippen LogP) is 0.637. The molecule has 100 valence electrons. The Bertz CT molecular complexity index is 624. The summed E-state index contributed by atoms with van der Waals surface area (Å²) in [7, 11) is 1.85. The van der Waals surface area contributed by atoms with Crippen LogP contribution in [0.2, 0.25) is 0 Å². The third kappa shape index (κ3) is 2.58. The summed E-state index contributed by atoms with van der Waals surface area (Å²) in [6.45, 7) is 1.96. The van der Waals surface area contributed by atoms with Gasteiger partial charge >= 0.3 is 0 Å². The van der Waals surface area contributed by atoms with E-state index in [9.17, 15) is 4.79 Å². The molecule has 1 aliphatic rings. The summed E-state index contributed by atoms with van der Waals surface area (Å²) >= 11 is 0. The van der Waals surface area contributed by atoms with Crippen molar-refractivity contribution in [3.05, 3.63) is 34.6 Å². The van der Waals surface area contributed by atoms with Gasteiger partial charge in [-0.25, -0.2) is 4.98 Å². The number of aromatic amines is 1. The van der Waals surface area contributed by atoms with E-state index >= 15 is 0 Å². The van der Waals surface area contributed by atoms with Gasteiger partial charge in [-0.05, 0) is 25.9 Å². The van der Waals surface area contributed by atoms with Crippen molar-refractivity contribution in [3.8, 4) is 11.3 Å². The van der Waals surface area contributed by atoms with Crippen LogP contribution in [0.5, 0.6) is 0 Å². The number of rotatable bonds is 2. The van der Waals surface area contributed by atoms with Gasteiger partial charge in [-0.1, -0.05) is 0 Å². The van der Waals surface area contributed by atoms with E-state index < -0.39 is 0 Å². The monoisotopic (exact) mass is 259 g/mol. The van der Waals surface area contributed by atoms with Crippen molar-refractivity contribution >= 4 is 0 Å². The maximum Gasteiger partial charge on any atom is 0.251 e. The number of hydrogen-bond donors (Lipinski definition) is 2. The zero-order chi connectivity index (χ0) is 13.2. The van der Waals surface area contributed by atoms with Crippen LogP contribution in [0.1, 0.15) is 24.6 Å². The highest BCUT2D eigenvalue weighted by Crippen LogP contribution is 2.23. The van der Waals surface area contributed by atoms with Gasteiger partial charge in [0.1, 0.15) is 5.82 Å². The lowest BCUT2D eigenvalue weighted by atomic mass is 9.97. The van der Waals surface area contributed by atoms with Crippen molar-refractivity contribution in [1.29, 1.82) is 0 Å². The van der Waals surface area contributed by atoms with Crippen LogP contribution in [-0.4, -0.2) is 32.8 Å². The van der Waals surface area contributed by atoms with Gasteiger partial charge in [0.2, 0.25) is 0 Å². The van der Waals surface area contributed by atoms with Crippen LogP contribution in [0, 0.1) is 0 Å². The molecule has 0 radical (unpaired) electrons. The largest absolute Gasteiger partial charge is 0.317 e. The second kappa shape index (κ2) is 4.97. The second-order valence-corrected chi connectivity index (χ2v) is 4.94. The highest BCUT2D eigenvalue weighted by atomic mass is 16.1. The zero-order valence-corrected chi connectivity index (χ0v) is 10.9. The van der Waals surface area contributed by atoms with Crippen LogP contribution in [0.25, 0.3) is 11.3 Å². The number of nitrogens with zero attached hydrogens (tertiary/aromatic N) is 3. The van der Waals surface area contributed by atoms with Gasteiger partial charge in [-0.3, -0.25) is 9.48 Å². The van der Waals surface area contributed by atoms with Crippen LogP contribution >= 0.6 is 0 Å². The number of H-pyrrole nitrogens is 1. The third-order valence-corrected chi connectivity index (χ3v) is 3.49. The molecule has 0 spiro atoms. The van der Waals surface area contributed by atoms with Crippen molar-refractivity contribution in [1.82, 2.24) is 25.1 Å². The minimum Gasteiger partial charge on any atom is -0.317 e. The van der Waals surface area contributed by atoms with Gasteiger partial charge in [-0.15, -0.1) is 0 Å². The Morgan fingerprint density at radius 2 is 2.16 bits per heavy atom. The molecule has 0 unspecified atom stereocenters. The summed E-state index contributed by atoms with van der Waals surface area (Å²) in [5.41, 5.74) is 1.48. The van der Waals surface area contributed by atoms with Crippen molar-refractivity contribution in [3.63, 3.8) is 0 Å². The SMILES string of the molecule is Cn1cc(-c2cc(=O)[nH]c(C3CCNCC3)n2)cn1. The van der Waals surface area contributed by atoms with Crippen LogP contribution in [0.3, 0.4) is 0 Å². The molecule has 19 heavy (non-hydrogen) atoms. The van der Waals surface area contributed by atoms with E-state index in [1.807, 2.05) is 13.2 Å². The lowest BCUT2D eigenvalue weighted by Crippen LogP contribution is -2.28. The molecule has 6 nitrogen and oxygen atoms in total. The van der Waals surface area contributed by atoms with Gasteiger partial charge in [0.15, 0.2) is 0 Å². The maximum atomic E-state index is 11.8. The van der Waals surface area contributed by atoms with Crippen molar-refractivity contribution in [2.24, 2.45) is 7.05 Å². The minimum atomic E-state index is -0.0950. The Kier molecular flexibility index (Phi) is 3.16. The standard InChI is InChI=1S/C13H17N5O/c1-18-8-10(7-15-18)11-6-12(19)17-13(16-11)9-2-4-14-5-3-9/h6-9,14H,2-5H2,1H3,(H,16,17,19). The molecule has 1 aliphatic heterocycles. The topological polar surface area (TPSA) is 75.6 Å². The van der Waals surface area contributed by atoms with E-state index in [1.165, 1.54) is 6.07 Å². The first-order valence-corrected chi connectivity index (χ1v) is 6.53. The molecule has 0 aliphatic carbocycles. The Hall–Kier alpha value is -1.95. The molecular weight excluding hydrogens is 242 g/mol. The fourth-order valence-electron chi connectivity index (χ4n) is 2.47. The molecule has 0 saturated carbocycles. The van der Waals surface area contributed by atoms with E-state index in [1.54, 1.807) is 10.9 Å². The lowest BCUT2D eigenvalue weighted by Gasteiger charge is -2.21. The maximum absolute atomic E-state index is 11.8. The van der Waals surface area contributed by atoms with Gasteiger partial charge in [0, 0.05) is 30.8 Å². The number of aryl methyl sites for hydroxylation is 1. The first-order valence-electron chi connectivity index (χ1n) is 6.53. The highest BCUT2D eigenvalue weighted by Gasteiger charge is 2.18. The summed E-state index contributed by atoms with van der Waals surface area (Å²) < 4.78 is 1.71. The third-order valence-electron chi connectivity index (χ3n) is 3.49. The quantitative estimate of drug-likeness (QED) is 0.829. The van der Waals surface area contributed by atoms with Crippen molar-refractivity contribution in [2.45, 2.75) is 18.8 Å². The molecule has 2 N–H and O–H groups in total. The molecular formula is C13H17N5O. The highest BCUT2D eigenvalue weighted by molar-refractivity contribution is 5.56. The van der Waals surface area contributed by atoms with Gasteiger partial charge < -0.3 is 10.3 Å². The molecule has 2 aromatic heterocycles.